The zero-order valence-electron chi connectivity index (χ0n) is 10.6. The molecule has 4 heteroatoms. The largest absolute Gasteiger partial charge is 0.497 e. The van der Waals surface area contributed by atoms with Crippen molar-refractivity contribution >= 4 is 5.91 Å². The Hall–Kier alpha value is -1.55. The van der Waals surface area contributed by atoms with Gasteiger partial charge in [-0.05, 0) is 30.2 Å². The summed E-state index contributed by atoms with van der Waals surface area (Å²) in [5.41, 5.74) is 6.25. The second-order valence-electron chi connectivity index (χ2n) is 4.41. The second kappa shape index (κ2) is 6.25. The zero-order chi connectivity index (χ0) is 12.8. The lowest BCUT2D eigenvalue weighted by Gasteiger charge is -2.17. The topological polar surface area (TPSA) is 64.3 Å². The summed E-state index contributed by atoms with van der Waals surface area (Å²) in [5.74, 6) is 0.867. The Kier molecular flexibility index (Phi) is 4.97. The number of ether oxygens (including phenoxy) is 1. The van der Waals surface area contributed by atoms with Crippen LogP contribution in [0.3, 0.4) is 0 Å². The predicted octanol–water partition coefficient (Wildman–Crippen LogP) is 1.47. The van der Waals surface area contributed by atoms with Gasteiger partial charge in [-0.15, -0.1) is 0 Å². The lowest BCUT2D eigenvalue weighted by atomic mass is 10.1. The number of carbonyl (C=O) groups is 1. The quantitative estimate of drug-likeness (QED) is 0.786. The van der Waals surface area contributed by atoms with Crippen molar-refractivity contribution < 1.29 is 9.53 Å². The molecule has 0 aliphatic heterocycles. The summed E-state index contributed by atoms with van der Waals surface area (Å²) < 4.78 is 5.07. The van der Waals surface area contributed by atoms with E-state index in [2.05, 4.69) is 19.2 Å². The molecule has 0 heterocycles. The molecule has 0 aliphatic carbocycles. The first-order valence-electron chi connectivity index (χ1n) is 5.71. The number of methoxy groups -OCH3 is 1. The molecule has 17 heavy (non-hydrogen) atoms. The Morgan fingerprint density at radius 1 is 1.35 bits per heavy atom. The van der Waals surface area contributed by atoms with Gasteiger partial charge in [0, 0.05) is 0 Å². The average Bonchev–Trinajstić information content (AvgIpc) is 2.29. The molecule has 1 atom stereocenters. The summed E-state index contributed by atoms with van der Waals surface area (Å²) in [6.07, 6.45) is 0. The first-order valence-corrected chi connectivity index (χ1v) is 5.71. The van der Waals surface area contributed by atoms with Crippen LogP contribution < -0.4 is 15.8 Å². The summed E-state index contributed by atoms with van der Waals surface area (Å²) in [6, 6.07) is 6.90. The van der Waals surface area contributed by atoms with Crippen LogP contribution in [-0.2, 0) is 4.79 Å². The van der Waals surface area contributed by atoms with E-state index in [0.29, 0.717) is 5.92 Å². The summed E-state index contributed by atoms with van der Waals surface area (Å²) in [4.78, 5) is 11.4. The Morgan fingerprint density at radius 3 is 2.35 bits per heavy atom. The van der Waals surface area contributed by atoms with E-state index in [0.717, 1.165) is 17.9 Å². The molecule has 0 bridgehead atoms. The maximum Gasteiger partial charge on any atom is 0.239 e. The van der Waals surface area contributed by atoms with Gasteiger partial charge in [-0.3, -0.25) is 4.79 Å². The van der Waals surface area contributed by atoms with E-state index in [4.69, 9.17) is 10.5 Å². The van der Waals surface area contributed by atoms with Crippen molar-refractivity contribution in [2.45, 2.75) is 19.9 Å². The van der Waals surface area contributed by atoms with E-state index in [-0.39, 0.29) is 5.91 Å². The number of nitrogens with two attached hydrogens (primary N) is 1. The minimum absolute atomic E-state index is 0.365. The molecule has 0 fully saturated rings. The molecule has 1 rings (SSSR count). The SMILES string of the molecule is COc1ccc(C(NCC(C)C)C(N)=O)cc1. The molecular weight excluding hydrogens is 216 g/mol. The van der Waals surface area contributed by atoms with Crippen molar-refractivity contribution in [1.82, 2.24) is 5.32 Å². The maximum absolute atomic E-state index is 11.4. The maximum atomic E-state index is 11.4. The third kappa shape index (κ3) is 4.07. The van der Waals surface area contributed by atoms with Crippen molar-refractivity contribution in [2.75, 3.05) is 13.7 Å². The van der Waals surface area contributed by atoms with Crippen molar-refractivity contribution in [3.8, 4) is 5.75 Å². The molecule has 1 amide bonds. The predicted molar refractivity (Wildman–Crippen MR) is 67.8 cm³/mol. The minimum atomic E-state index is -0.441. The van der Waals surface area contributed by atoms with Gasteiger partial charge in [0.05, 0.1) is 7.11 Å². The fraction of sp³-hybridized carbons (Fsp3) is 0.462. The number of hydrogen-bond acceptors (Lipinski definition) is 3. The van der Waals surface area contributed by atoms with Crippen LogP contribution >= 0.6 is 0 Å². The van der Waals surface area contributed by atoms with E-state index >= 15 is 0 Å². The van der Waals surface area contributed by atoms with E-state index in [1.807, 2.05) is 24.3 Å². The third-order valence-corrected chi connectivity index (χ3v) is 2.46. The van der Waals surface area contributed by atoms with Gasteiger partial charge < -0.3 is 15.8 Å². The van der Waals surface area contributed by atoms with Crippen LogP contribution in [0.15, 0.2) is 24.3 Å². The Bertz CT molecular complexity index is 360. The second-order valence-corrected chi connectivity index (χ2v) is 4.41. The first-order chi connectivity index (χ1) is 8.04. The fourth-order valence-corrected chi connectivity index (χ4v) is 1.53. The lowest BCUT2D eigenvalue weighted by molar-refractivity contribution is -0.120. The van der Waals surface area contributed by atoms with E-state index in [1.165, 1.54) is 0 Å². The minimum Gasteiger partial charge on any atom is -0.497 e. The Balaban J connectivity index is 2.78. The van der Waals surface area contributed by atoms with E-state index in [9.17, 15) is 4.79 Å². The molecule has 4 nitrogen and oxygen atoms in total. The highest BCUT2D eigenvalue weighted by atomic mass is 16.5. The smallest absolute Gasteiger partial charge is 0.239 e. The lowest BCUT2D eigenvalue weighted by Crippen LogP contribution is -2.35. The van der Waals surface area contributed by atoms with Crippen molar-refractivity contribution in [2.24, 2.45) is 11.7 Å². The molecule has 1 aromatic carbocycles. The van der Waals surface area contributed by atoms with Gasteiger partial charge in [0.25, 0.3) is 0 Å². The number of rotatable bonds is 6. The molecule has 0 aromatic heterocycles. The van der Waals surface area contributed by atoms with E-state index < -0.39 is 6.04 Å². The highest BCUT2D eigenvalue weighted by molar-refractivity contribution is 5.81. The monoisotopic (exact) mass is 236 g/mol. The van der Waals surface area contributed by atoms with Gasteiger partial charge in [-0.1, -0.05) is 26.0 Å². The first kappa shape index (κ1) is 13.5. The summed E-state index contributed by atoms with van der Waals surface area (Å²) in [5, 5.41) is 3.16. The molecule has 0 saturated carbocycles. The van der Waals surface area contributed by atoms with Crippen LogP contribution in [0.25, 0.3) is 0 Å². The van der Waals surface area contributed by atoms with Gasteiger partial charge in [0.2, 0.25) is 5.91 Å². The van der Waals surface area contributed by atoms with Gasteiger partial charge in [-0.2, -0.15) is 0 Å². The number of nitrogens with one attached hydrogen (secondary N) is 1. The number of primary amides is 1. The summed E-state index contributed by atoms with van der Waals surface area (Å²) in [7, 11) is 1.61. The van der Waals surface area contributed by atoms with Crippen LogP contribution in [0.4, 0.5) is 0 Å². The average molecular weight is 236 g/mol. The number of carbonyl (C=O) groups excluding carboxylic acids is 1. The zero-order valence-corrected chi connectivity index (χ0v) is 10.6. The molecule has 1 aromatic rings. The number of amides is 1. The summed E-state index contributed by atoms with van der Waals surface area (Å²) in [6.45, 7) is 4.91. The van der Waals surface area contributed by atoms with Gasteiger partial charge >= 0.3 is 0 Å². The van der Waals surface area contributed by atoms with E-state index in [1.54, 1.807) is 7.11 Å². The fourth-order valence-electron chi connectivity index (χ4n) is 1.53. The molecule has 0 saturated heterocycles. The summed E-state index contributed by atoms with van der Waals surface area (Å²) >= 11 is 0. The highest BCUT2D eigenvalue weighted by Crippen LogP contribution is 2.17. The molecule has 0 radical (unpaired) electrons. The van der Waals surface area contributed by atoms with Crippen molar-refractivity contribution in [3.05, 3.63) is 29.8 Å². The molecule has 94 valence electrons. The van der Waals surface area contributed by atoms with Gasteiger partial charge in [0.1, 0.15) is 11.8 Å². The molecule has 0 aliphatic rings. The van der Waals surface area contributed by atoms with Crippen LogP contribution in [0.5, 0.6) is 5.75 Å². The Labute approximate surface area is 102 Å². The van der Waals surface area contributed by atoms with Crippen LogP contribution in [-0.4, -0.2) is 19.6 Å². The molecule has 0 spiro atoms. The van der Waals surface area contributed by atoms with Crippen molar-refractivity contribution in [1.29, 1.82) is 0 Å². The van der Waals surface area contributed by atoms with Crippen LogP contribution in [0.2, 0.25) is 0 Å². The van der Waals surface area contributed by atoms with Gasteiger partial charge in [-0.25, -0.2) is 0 Å². The molecule has 1 unspecified atom stereocenters. The van der Waals surface area contributed by atoms with Crippen LogP contribution in [0.1, 0.15) is 25.5 Å². The molecular formula is C13H20N2O2. The molecule has 3 N–H and O–H groups in total. The highest BCUT2D eigenvalue weighted by Gasteiger charge is 2.17. The van der Waals surface area contributed by atoms with Crippen molar-refractivity contribution in [3.63, 3.8) is 0 Å². The standard InChI is InChI=1S/C13H20N2O2/c1-9(2)8-15-12(13(14)16)10-4-6-11(17-3)7-5-10/h4-7,9,12,15H,8H2,1-3H3,(H2,14,16). The normalized spacial score (nSPS) is 12.5. The Morgan fingerprint density at radius 2 is 1.94 bits per heavy atom. The number of benzene rings is 1. The number of hydrogen-bond donors (Lipinski definition) is 2. The van der Waals surface area contributed by atoms with Crippen LogP contribution in [0, 0.1) is 5.92 Å². The van der Waals surface area contributed by atoms with Gasteiger partial charge in [0.15, 0.2) is 0 Å². The third-order valence-electron chi connectivity index (χ3n) is 2.46.